The summed E-state index contributed by atoms with van der Waals surface area (Å²) >= 11 is 11.8. The first kappa shape index (κ1) is 63.9. The Morgan fingerprint density at radius 2 is 0.871 bits per heavy atom. The largest absolute Gasteiger partial charge is 0.377 e. The first-order chi connectivity index (χ1) is 33.1. The Balaban J connectivity index is 0.000000537. The minimum absolute atomic E-state index is 0.167. The van der Waals surface area contributed by atoms with Gasteiger partial charge >= 0.3 is 0 Å². The van der Waals surface area contributed by atoms with Gasteiger partial charge in [-0.25, -0.2) is 0 Å². The molecule has 0 aliphatic rings. The number of aryl methyl sites for hydroxylation is 3. The van der Waals surface area contributed by atoms with Crippen LogP contribution in [0.5, 0.6) is 0 Å². The zero-order valence-corrected chi connectivity index (χ0v) is 49.5. The molecule has 0 saturated carbocycles. The van der Waals surface area contributed by atoms with Gasteiger partial charge in [0.1, 0.15) is 16.5 Å². The van der Waals surface area contributed by atoms with Crippen molar-refractivity contribution in [3.63, 3.8) is 0 Å². The molecular weight excluding hydrogens is 921 g/mol. The van der Waals surface area contributed by atoms with Crippen molar-refractivity contribution in [3.05, 3.63) is 174 Å². The van der Waals surface area contributed by atoms with Crippen LogP contribution >= 0.6 is 23.2 Å². The van der Waals surface area contributed by atoms with Gasteiger partial charge in [0.15, 0.2) is 6.74 Å². The Bertz CT molecular complexity index is 2420. The van der Waals surface area contributed by atoms with Crippen LogP contribution in [0.15, 0.2) is 97.1 Å². The van der Waals surface area contributed by atoms with E-state index in [1.165, 1.54) is 72.8 Å². The lowest BCUT2D eigenvalue weighted by Gasteiger charge is -2.40. The number of terminal acetylenes is 1. The number of benzene rings is 5. The molecule has 2 N–H and O–H groups in total. The van der Waals surface area contributed by atoms with E-state index in [1.54, 1.807) is 6.82 Å². The van der Waals surface area contributed by atoms with Gasteiger partial charge in [-0.2, -0.15) is 0 Å². The van der Waals surface area contributed by atoms with Gasteiger partial charge in [0.05, 0.1) is 0 Å². The topological polar surface area (TPSA) is 29.3 Å². The van der Waals surface area contributed by atoms with E-state index in [4.69, 9.17) is 43.0 Å². The van der Waals surface area contributed by atoms with E-state index in [-0.39, 0.29) is 6.74 Å². The lowest BCUT2D eigenvalue weighted by atomic mass is 9.46. The van der Waals surface area contributed by atoms with Crippen molar-refractivity contribution in [3.8, 4) is 36.0 Å². The Morgan fingerprint density at radius 3 is 1.19 bits per heavy atom. The van der Waals surface area contributed by atoms with Crippen LogP contribution in [0.2, 0.25) is 56.2 Å². The van der Waals surface area contributed by atoms with Crippen LogP contribution < -0.4 is 5.64 Å². The zero-order valence-electron chi connectivity index (χ0n) is 46.0. The molecule has 0 amide bonds. The molecule has 2 radical (unpaired) electrons. The van der Waals surface area contributed by atoms with Crippen LogP contribution in [0.3, 0.4) is 0 Å². The van der Waals surface area contributed by atoms with Crippen LogP contribution in [0.1, 0.15) is 140 Å². The summed E-state index contributed by atoms with van der Waals surface area (Å²) in [6.45, 7) is 31.1. The number of halogens is 2. The molecule has 8 heteroatoms. The predicted molar refractivity (Wildman–Crippen MR) is 322 cm³/mol. The van der Waals surface area contributed by atoms with E-state index in [0.717, 1.165) is 74.7 Å². The molecule has 5 aromatic carbocycles. The van der Waals surface area contributed by atoms with E-state index in [1.807, 2.05) is 31.2 Å². The van der Waals surface area contributed by atoms with E-state index in [2.05, 4.69) is 195 Å². The highest BCUT2D eigenvalue weighted by Gasteiger charge is 2.30. The minimum Gasteiger partial charge on any atom is -0.377 e. The lowest BCUT2D eigenvalue weighted by molar-refractivity contribution is 0.759. The highest BCUT2D eigenvalue weighted by Crippen LogP contribution is 2.26. The monoisotopic (exact) mass is 1010 g/mol. The van der Waals surface area contributed by atoms with Crippen molar-refractivity contribution in [1.29, 1.82) is 0 Å². The summed E-state index contributed by atoms with van der Waals surface area (Å²) in [6.07, 6.45) is 18.0. The van der Waals surface area contributed by atoms with Crippen molar-refractivity contribution in [2.24, 2.45) is 5.64 Å². The first-order valence-electron chi connectivity index (χ1n) is 25.6. The molecule has 372 valence electrons. The molecule has 0 spiro atoms. The van der Waals surface area contributed by atoms with Gasteiger partial charge in [-0.3, -0.25) is 0 Å². The van der Waals surface area contributed by atoms with Gasteiger partial charge in [-0.05, 0) is 172 Å². The third-order valence-electron chi connectivity index (χ3n) is 12.0. The highest BCUT2D eigenvalue weighted by molar-refractivity contribution is 7.00. The molecule has 2 nitrogen and oxygen atoms in total. The summed E-state index contributed by atoms with van der Waals surface area (Å²) in [6, 6.07) is 33.6. The maximum atomic E-state index is 5.94. The van der Waals surface area contributed by atoms with Crippen LogP contribution in [0.25, 0.3) is 0 Å². The third-order valence-corrected chi connectivity index (χ3v) is 20.8. The molecule has 0 aliphatic carbocycles. The van der Waals surface area contributed by atoms with Crippen molar-refractivity contribution in [2.75, 3.05) is 7.05 Å². The molecule has 0 bridgehead atoms. The van der Waals surface area contributed by atoms with Crippen LogP contribution in [-0.4, -0.2) is 42.2 Å². The van der Waals surface area contributed by atoms with E-state index in [9.17, 15) is 0 Å². The third kappa shape index (κ3) is 25.3. The van der Waals surface area contributed by atoms with Gasteiger partial charge in [0.25, 0.3) is 0 Å². The SMILES string of the molecule is C#Cc1ccc(CCCC)cc1.CCCCc1ccc(C#Cc2ccc(C#Cc3ccc(CCCC)cc3)c(CC)c2C)cc1.CCc1c(Cl)ccc(Cl)c1C.CN([Si](C)(C)C)[Si](C)(C)C.[B]B(C)N. The van der Waals surface area contributed by atoms with Gasteiger partial charge < -0.3 is 9.88 Å². The number of nitrogens with zero attached hydrogens (tertiary/aromatic N) is 1. The first-order valence-corrected chi connectivity index (χ1v) is 33.3. The maximum Gasteiger partial charge on any atom is 0.159 e. The number of hydrogen-bond donors (Lipinski definition) is 1. The molecule has 0 fully saturated rings. The molecule has 5 rings (SSSR count). The molecule has 0 saturated heterocycles. The molecular formula is C62H86B2Cl2N2Si2. The Labute approximate surface area is 443 Å². The van der Waals surface area contributed by atoms with Gasteiger partial charge in [-0.15, -0.1) is 6.42 Å². The number of hydrogen-bond acceptors (Lipinski definition) is 2. The molecule has 0 aliphatic heterocycles. The number of nitrogens with two attached hydrogens (primary N) is 1. The van der Waals surface area contributed by atoms with E-state index in [0.29, 0.717) is 0 Å². The summed E-state index contributed by atoms with van der Waals surface area (Å²) in [4.78, 5) is 0. The predicted octanol–water partition coefficient (Wildman–Crippen LogP) is 16.7. The van der Waals surface area contributed by atoms with Crippen molar-refractivity contribution in [1.82, 2.24) is 4.23 Å². The second-order valence-corrected chi connectivity index (χ2v) is 31.2. The molecule has 0 heterocycles. The molecule has 0 atom stereocenters. The molecule has 0 aromatic heterocycles. The fourth-order valence-electron chi connectivity index (χ4n) is 7.30. The van der Waals surface area contributed by atoms with Crippen LogP contribution in [0, 0.1) is 49.9 Å². The fourth-order valence-corrected chi connectivity index (χ4v) is 15.9. The van der Waals surface area contributed by atoms with Gasteiger partial charge in [0.2, 0.25) is 0 Å². The smallest absolute Gasteiger partial charge is 0.159 e. The summed E-state index contributed by atoms with van der Waals surface area (Å²) in [5, 5.41) is 1.61. The normalized spacial score (nSPS) is 10.4. The van der Waals surface area contributed by atoms with Crippen LogP contribution in [0.4, 0.5) is 0 Å². The number of rotatable bonds is 13. The average Bonchev–Trinajstić information content (AvgIpc) is 3.33. The zero-order chi connectivity index (χ0) is 52.9. The molecule has 0 unspecified atom stereocenters. The Morgan fingerprint density at radius 1 is 0.529 bits per heavy atom. The van der Waals surface area contributed by atoms with E-state index >= 15 is 0 Å². The summed E-state index contributed by atoms with van der Waals surface area (Å²) < 4.78 is 2.65. The summed E-state index contributed by atoms with van der Waals surface area (Å²) in [5.41, 5.74) is 19.2. The van der Waals surface area contributed by atoms with Crippen molar-refractivity contribution in [2.45, 2.75) is 165 Å². The van der Waals surface area contributed by atoms with Gasteiger partial charge in [0, 0.05) is 45.6 Å². The lowest BCUT2D eigenvalue weighted by Crippen LogP contribution is -2.56. The Kier molecular flexibility index (Phi) is 31.2. The van der Waals surface area contributed by atoms with Crippen molar-refractivity contribution < 1.29 is 0 Å². The summed E-state index contributed by atoms with van der Waals surface area (Å²) in [5.74, 6) is 16.1. The second-order valence-electron chi connectivity index (χ2n) is 19.9. The highest BCUT2D eigenvalue weighted by atomic mass is 35.5. The minimum atomic E-state index is -1.00. The second kappa shape index (κ2) is 34.3. The van der Waals surface area contributed by atoms with Crippen molar-refractivity contribution >= 4 is 54.1 Å². The Hall–Kier alpha value is -4.16. The quantitative estimate of drug-likeness (QED) is 0.0941. The van der Waals surface area contributed by atoms with E-state index < -0.39 is 16.5 Å². The average molecular weight is 1010 g/mol. The maximum absolute atomic E-state index is 5.94. The number of unbranched alkanes of at least 4 members (excludes halogenated alkanes) is 3. The van der Waals surface area contributed by atoms with Gasteiger partial charge in [-0.1, -0.05) is 189 Å². The molecule has 5 aromatic rings. The molecule has 70 heavy (non-hydrogen) atoms. The van der Waals surface area contributed by atoms with Crippen LogP contribution in [-0.2, 0) is 32.1 Å². The standard InChI is InChI=1S/C33H36.C12H14.C9H10Cl2.C7H21NSi2.CH5B2N/c1-5-8-10-27-12-16-29(17-13-27)20-22-31-24-25-32(33(7-3)26(31)4)23-21-30-18-14-28(15-19-30)11-9-6-2;1-3-5-6-12-9-7-11(4-2)8-10-12;1-3-7-6(2)8(10)4-5-9(7)11;1-8(9(2,3)4)10(5,6)7;1-3(2)4/h12-19,24-25H,5-11H2,1-4H3;2,7-10H,3,5-6H2,1H3;4-5H,3H2,1-2H3;1-7H3;4H2,1H3. The fraction of sp³-hybridized carbons (Fsp3) is 0.419. The summed E-state index contributed by atoms with van der Waals surface area (Å²) in [7, 11) is 5.18.